The molecular formula is C9H11NaO3S. The molecule has 0 aliphatic carbocycles. The van der Waals surface area contributed by atoms with Gasteiger partial charge < -0.3 is 1.43 Å². The fourth-order valence-corrected chi connectivity index (χ4v) is 1.22. The smallest absolute Gasteiger partial charge is 1.00 e. The van der Waals surface area contributed by atoms with Crippen molar-refractivity contribution in [3.8, 4) is 0 Å². The zero-order valence-electron chi connectivity index (χ0n) is 9.17. The average molecular weight is 222 g/mol. The van der Waals surface area contributed by atoms with E-state index in [1.807, 2.05) is 30.3 Å². The third kappa shape index (κ3) is 4.93. The Labute approximate surface area is 108 Å². The van der Waals surface area contributed by atoms with Crippen LogP contribution in [0.3, 0.4) is 0 Å². The molecule has 0 fully saturated rings. The molecule has 0 heterocycles. The SMILES string of the molecule is COS(=O)(=O)C=Cc1ccccc1.[H-].[Na+]. The predicted molar refractivity (Wildman–Crippen MR) is 52.5 cm³/mol. The van der Waals surface area contributed by atoms with Crippen molar-refractivity contribution >= 4 is 16.2 Å². The van der Waals surface area contributed by atoms with Crippen molar-refractivity contribution in [2.24, 2.45) is 0 Å². The van der Waals surface area contributed by atoms with Crippen molar-refractivity contribution in [1.82, 2.24) is 0 Å². The van der Waals surface area contributed by atoms with Gasteiger partial charge in [-0.2, -0.15) is 8.42 Å². The van der Waals surface area contributed by atoms with Gasteiger partial charge in [-0.25, -0.2) is 0 Å². The molecule has 1 aromatic rings. The molecular weight excluding hydrogens is 211 g/mol. The van der Waals surface area contributed by atoms with Gasteiger partial charge in [-0.15, -0.1) is 0 Å². The first-order valence-electron chi connectivity index (χ1n) is 3.68. The van der Waals surface area contributed by atoms with E-state index in [0.717, 1.165) is 18.1 Å². The first-order valence-corrected chi connectivity index (χ1v) is 5.15. The van der Waals surface area contributed by atoms with Crippen LogP contribution in [0.2, 0.25) is 0 Å². The second kappa shape index (κ2) is 6.37. The standard InChI is InChI=1S/C9H10O3S.Na.H/c1-12-13(10,11)8-7-9-5-3-2-4-6-9;;/h2-8H,1H3;;/q;+1;-1. The van der Waals surface area contributed by atoms with Crippen LogP contribution in [-0.2, 0) is 14.3 Å². The Bertz CT molecular complexity index is 389. The molecule has 0 saturated carbocycles. The monoisotopic (exact) mass is 222 g/mol. The Morgan fingerprint density at radius 2 is 1.86 bits per heavy atom. The second-order valence-corrected chi connectivity index (χ2v) is 3.96. The van der Waals surface area contributed by atoms with E-state index in [-0.39, 0.29) is 31.0 Å². The third-order valence-corrected chi connectivity index (χ3v) is 2.39. The summed E-state index contributed by atoms with van der Waals surface area (Å²) in [5.74, 6) is 0. The van der Waals surface area contributed by atoms with E-state index in [1.54, 1.807) is 0 Å². The van der Waals surface area contributed by atoms with Crippen LogP contribution in [0.4, 0.5) is 0 Å². The molecule has 0 spiro atoms. The zero-order valence-corrected chi connectivity index (χ0v) is 11.0. The Morgan fingerprint density at radius 1 is 1.29 bits per heavy atom. The Morgan fingerprint density at radius 3 is 2.36 bits per heavy atom. The van der Waals surface area contributed by atoms with Crippen molar-refractivity contribution in [3.05, 3.63) is 41.3 Å². The molecule has 72 valence electrons. The van der Waals surface area contributed by atoms with Crippen LogP contribution in [-0.4, -0.2) is 15.5 Å². The summed E-state index contributed by atoms with van der Waals surface area (Å²) in [6.45, 7) is 0. The zero-order chi connectivity index (χ0) is 9.73. The van der Waals surface area contributed by atoms with Crippen LogP contribution in [0.1, 0.15) is 6.99 Å². The minimum absolute atomic E-state index is 0. The van der Waals surface area contributed by atoms with Crippen LogP contribution in [0, 0.1) is 0 Å². The van der Waals surface area contributed by atoms with Gasteiger partial charge in [-0.1, -0.05) is 30.3 Å². The third-order valence-electron chi connectivity index (χ3n) is 1.46. The van der Waals surface area contributed by atoms with Crippen molar-refractivity contribution in [2.45, 2.75) is 0 Å². The fourth-order valence-electron chi connectivity index (χ4n) is 0.782. The molecule has 14 heavy (non-hydrogen) atoms. The van der Waals surface area contributed by atoms with Gasteiger partial charge in [0.15, 0.2) is 0 Å². The molecule has 1 aromatic carbocycles. The summed E-state index contributed by atoms with van der Waals surface area (Å²) < 4.78 is 26.0. The molecule has 0 amide bonds. The van der Waals surface area contributed by atoms with E-state index < -0.39 is 10.1 Å². The van der Waals surface area contributed by atoms with Gasteiger partial charge in [0, 0.05) is 0 Å². The van der Waals surface area contributed by atoms with E-state index in [9.17, 15) is 8.42 Å². The van der Waals surface area contributed by atoms with Gasteiger partial charge in [0.05, 0.1) is 12.5 Å². The maximum absolute atomic E-state index is 10.9. The summed E-state index contributed by atoms with van der Waals surface area (Å²) in [7, 11) is -2.37. The summed E-state index contributed by atoms with van der Waals surface area (Å²) in [5, 5.41) is 1.03. The van der Waals surface area contributed by atoms with Gasteiger partial charge in [0.1, 0.15) is 0 Å². The molecule has 0 radical (unpaired) electrons. The summed E-state index contributed by atoms with van der Waals surface area (Å²) in [6, 6.07) is 9.14. The van der Waals surface area contributed by atoms with E-state index in [0.29, 0.717) is 0 Å². The Balaban J connectivity index is 0. The maximum atomic E-state index is 10.9. The number of benzene rings is 1. The van der Waals surface area contributed by atoms with Gasteiger partial charge >= 0.3 is 29.6 Å². The quantitative estimate of drug-likeness (QED) is 0.474. The first kappa shape index (κ1) is 13.9. The van der Waals surface area contributed by atoms with Gasteiger partial charge in [-0.3, -0.25) is 4.18 Å². The van der Waals surface area contributed by atoms with Gasteiger partial charge in [-0.05, 0) is 11.6 Å². The van der Waals surface area contributed by atoms with E-state index in [2.05, 4.69) is 4.18 Å². The van der Waals surface area contributed by atoms with Gasteiger partial charge in [0.25, 0.3) is 10.1 Å². The predicted octanol–water partition coefficient (Wildman–Crippen LogP) is -1.25. The van der Waals surface area contributed by atoms with Crippen LogP contribution in [0.15, 0.2) is 35.7 Å². The number of hydrogen-bond acceptors (Lipinski definition) is 3. The van der Waals surface area contributed by atoms with Crippen LogP contribution >= 0.6 is 0 Å². The molecule has 0 bridgehead atoms. The largest absolute Gasteiger partial charge is 1.00 e. The summed E-state index contributed by atoms with van der Waals surface area (Å²) in [6.07, 6.45) is 1.48. The van der Waals surface area contributed by atoms with E-state index in [1.165, 1.54) is 6.08 Å². The average Bonchev–Trinajstić information content (AvgIpc) is 2.17. The first-order chi connectivity index (χ1) is 6.14. The molecule has 0 unspecified atom stereocenters. The Hall–Kier alpha value is -0.130. The molecule has 0 N–H and O–H groups in total. The van der Waals surface area contributed by atoms with Crippen LogP contribution < -0.4 is 29.6 Å². The molecule has 0 saturated heterocycles. The number of rotatable bonds is 3. The molecule has 0 aliphatic heterocycles. The van der Waals surface area contributed by atoms with Crippen LogP contribution in [0.5, 0.6) is 0 Å². The fraction of sp³-hybridized carbons (Fsp3) is 0.111. The molecule has 0 atom stereocenters. The van der Waals surface area contributed by atoms with E-state index in [4.69, 9.17) is 0 Å². The summed E-state index contributed by atoms with van der Waals surface area (Å²) >= 11 is 0. The normalized spacial score (nSPS) is 11.2. The molecule has 1 rings (SSSR count). The van der Waals surface area contributed by atoms with Crippen molar-refractivity contribution in [2.75, 3.05) is 7.11 Å². The summed E-state index contributed by atoms with van der Waals surface area (Å²) in [5.41, 5.74) is 0.822. The minimum atomic E-state index is -3.50. The van der Waals surface area contributed by atoms with Crippen molar-refractivity contribution in [1.29, 1.82) is 0 Å². The number of hydrogen-bond donors (Lipinski definition) is 0. The second-order valence-electron chi connectivity index (χ2n) is 2.37. The topological polar surface area (TPSA) is 43.4 Å². The summed E-state index contributed by atoms with van der Waals surface area (Å²) in [4.78, 5) is 0. The van der Waals surface area contributed by atoms with Gasteiger partial charge in [0.2, 0.25) is 0 Å². The molecule has 5 heteroatoms. The molecule has 3 nitrogen and oxygen atoms in total. The molecule has 0 aliphatic rings. The Kier molecular flexibility index (Phi) is 6.31. The van der Waals surface area contributed by atoms with Crippen molar-refractivity contribution < 1.29 is 43.6 Å². The maximum Gasteiger partial charge on any atom is 1.00 e. The van der Waals surface area contributed by atoms with E-state index >= 15 is 0 Å². The minimum Gasteiger partial charge on any atom is -1.00 e. The molecule has 0 aromatic heterocycles. The van der Waals surface area contributed by atoms with Crippen LogP contribution in [0.25, 0.3) is 6.08 Å². The van der Waals surface area contributed by atoms with Crippen molar-refractivity contribution in [3.63, 3.8) is 0 Å².